The maximum absolute atomic E-state index is 13.5. The Balaban J connectivity index is 1.39. The van der Waals surface area contributed by atoms with E-state index in [1.165, 1.54) is 12.1 Å². The topological polar surface area (TPSA) is 112 Å². The largest absolute Gasteiger partial charge is 0.337 e. The van der Waals surface area contributed by atoms with Gasteiger partial charge in [-0.25, -0.2) is 14.4 Å². The standard InChI is InChI=1S/C29H24FN7O/c1-3-16(2)29(38)33-21-11-18(13-31-15-21)19-12-23-26(36-37-27(23)32-14-19)28-34-24-6-4-5-22(25(24)35-28)17-7-9-20(30)10-8-17/h4-16H,3H2,1-2H3,(H,33,38)(H,34,35)(H,32,36,37). The van der Waals surface area contributed by atoms with Crippen molar-refractivity contribution in [1.29, 1.82) is 0 Å². The SMILES string of the molecule is CCC(C)C(=O)Nc1cncc(-c2cnc3n[nH]c(-c4nc5c(-c6ccc(F)cc6)cccc5[nH]4)c3c2)c1. The number of halogens is 1. The van der Waals surface area contributed by atoms with Crippen LogP contribution in [0.3, 0.4) is 0 Å². The van der Waals surface area contributed by atoms with Crippen molar-refractivity contribution in [2.45, 2.75) is 20.3 Å². The lowest BCUT2D eigenvalue weighted by Gasteiger charge is -2.10. The molecule has 1 unspecified atom stereocenters. The quantitative estimate of drug-likeness (QED) is 0.244. The van der Waals surface area contributed by atoms with Crippen molar-refractivity contribution in [3.05, 3.63) is 79.0 Å². The number of hydrogen-bond donors (Lipinski definition) is 3. The van der Waals surface area contributed by atoms with Gasteiger partial charge in [-0.3, -0.25) is 14.9 Å². The monoisotopic (exact) mass is 505 g/mol. The van der Waals surface area contributed by atoms with Gasteiger partial charge in [0.05, 0.1) is 28.3 Å². The number of H-pyrrole nitrogens is 2. The lowest BCUT2D eigenvalue weighted by molar-refractivity contribution is -0.119. The molecule has 188 valence electrons. The third-order valence-electron chi connectivity index (χ3n) is 6.71. The van der Waals surface area contributed by atoms with Crippen LogP contribution in [-0.4, -0.2) is 36.0 Å². The number of rotatable bonds is 6. The van der Waals surface area contributed by atoms with Crippen molar-refractivity contribution >= 4 is 33.7 Å². The van der Waals surface area contributed by atoms with E-state index in [0.29, 0.717) is 22.9 Å². The van der Waals surface area contributed by atoms with E-state index in [1.54, 1.807) is 30.7 Å². The molecule has 0 aliphatic rings. The average molecular weight is 506 g/mol. The number of hydrogen-bond acceptors (Lipinski definition) is 5. The van der Waals surface area contributed by atoms with Crippen LogP contribution in [0, 0.1) is 11.7 Å². The lowest BCUT2D eigenvalue weighted by atomic mass is 10.0. The summed E-state index contributed by atoms with van der Waals surface area (Å²) < 4.78 is 13.5. The first-order valence-electron chi connectivity index (χ1n) is 12.4. The van der Waals surface area contributed by atoms with Crippen molar-refractivity contribution in [2.24, 2.45) is 5.92 Å². The van der Waals surface area contributed by atoms with Gasteiger partial charge >= 0.3 is 0 Å². The first-order chi connectivity index (χ1) is 18.5. The number of benzene rings is 2. The van der Waals surface area contributed by atoms with Crippen LogP contribution < -0.4 is 5.32 Å². The summed E-state index contributed by atoms with van der Waals surface area (Å²) in [6.07, 6.45) is 5.86. The molecule has 0 saturated heterocycles. The molecule has 4 aromatic heterocycles. The minimum Gasteiger partial charge on any atom is -0.337 e. The van der Waals surface area contributed by atoms with Crippen molar-refractivity contribution in [3.63, 3.8) is 0 Å². The van der Waals surface area contributed by atoms with Gasteiger partial charge in [-0.2, -0.15) is 5.10 Å². The summed E-state index contributed by atoms with van der Waals surface area (Å²) in [6.45, 7) is 3.87. The molecule has 0 bridgehead atoms. The second-order valence-electron chi connectivity index (χ2n) is 9.25. The highest BCUT2D eigenvalue weighted by atomic mass is 19.1. The van der Waals surface area contributed by atoms with Gasteiger partial charge in [0.25, 0.3) is 0 Å². The summed E-state index contributed by atoms with van der Waals surface area (Å²) in [4.78, 5) is 29.4. The Labute approximate surface area is 217 Å². The Morgan fingerprint density at radius 3 is 2.66 bits per heavy atom. The fourth-order valence-electron chi connectivity index (χ4n) is 4.37. The van der Waals surface area contributed by atoms with Crippen molar-refractivity contribution in [3.8, 4) is 33.8 Å². The predicted molar refractivity (Wildman–Crippen MR) is 146 cm³/mol. The minimum absolute atomic E-state index is 0.0398. The number of nitrogens with one attached hydrogen (secondary N) is 3. The highest BCUT2D eigenvalue weighted by molar-refractivity contribution is 5.97. The summed E-state index contributed by atoms with van der Waals surface area (Å²) in [5.41, 5.74) is 6.92. The van der Waals surface area contributed by atoms with E-state index in [4.69, 9.17) is 4.98 Å². The molecule has 2 aromatic carbocycles. The Hall–Kier alpha value is -4.92. The normalized spacial score (nSPS) is 12.2. The van der Waals surface area contributed by atoms with Crippen LogP contribution >= 0.6 is 0 Å². The zero-order valence-corrected chi connectivity index (χ0v) is 20.8. The van der Waals surface area contributed by atoms with Crippen LogP contribution in [0.1, 0.15) is 20.3 Å². The van der Waals surface area contributed by atoms with Gasteiger partial charge in [-0.05, 0) is 42.3 Å². The molecule has 1 atom stereocenters. The zero-order valence-electron chi connectivity index (χ0n) is 20.8. The first kappa shape index (κ1) is 23.5. The van der Waals surface area contributed by atoms with Crippen molar-refractivity contribution in [1.82, 2.24) is 30.1 Å². The summed E-state index contributed by atoms with van der Waals surface area (Å²) in [7, 11) is 0. The van der Waals surface area contributed by atoms with Gasteiger partial charge in [0.1, 0.15) is 11.5 Å². The highest BCUT2D eigenvalue weighted by Gasteiger charge is 2.17. The minimum atomic E-state index is -0.283. The number of carbonyl (C=O) groups is 1. The maximum atomic E-state index is 13.5. The van der Waals surface area contributed by atoms with Crippen LogP contribution in [0.25, 0.3) is 55.8 Å². The molecule has 0 saturated carbocycles. The van der Waals surface area contributed by atoms with Crippen molar-refractivity contribution < 1.29 is 9.18 Å². The number of para-hydroxylation sites is 1. The molecule has 0 fully saturated rings. The van der Waals surface area contributed by atoms with Crippen LogP contribution in [0.4, 0.5) is 10.1 Å². The van der Waals surface area contributed by atoms with E-state index < -0.39 is 0 Å². The van der Waals surface area contributed by atoms with Crippen LogP contribution in [-0.2, 0) is 4.79 Å². The molecule has 1 amide bonds. The molecule has 4 heterocycles. The van der Waals surface area contributed by atoms with Crippen LogP contribution in [0.15, 0.2) is 73.2 Å². The van der Waals surface area contributed by atoms with Gasteiger partial charge in [-0.1, -0.05) is 38.1 Å². The predicted octanol–water partition coefficient (Wildman–Crippen LogP) is 6.35. The van der Waals surface area contributed by atoms with Crippen LogP contribution in [0.2, 0.25) is 0 Å². The van der Waals surface area contributed by atoms with Crippen molar-refractivity contribution in [2.75, 3.05) is 5.32 Å². The molecule has 8 nitrogen and oxygen atoms in total. The van der Waals surface area contributed by atoms with Gasteiger partial charge < -0.3 is 10.3 Å². The number of fused-ring (bicyclic) bond motifs is 2. The van der Waals surface area contributed by atoms with Gasteiger partial charge in [0.2, 0.25) is 5.91 Å². The van der Waals surface area contributed by atoms with E-state index in [9.17, 15) is 9.18 Å². The first-order valence-corrected chi connectivity index (χ1v) is 12.4. The Morgan fingerprint density at radius 1 is 1.03 bits per heavy atom. The number of pyridine rings is 2. The number of aromatic nitrogens is 6. The van der Waals surface area contributed by atoms with E-state index in [0.717, 1.165) is 45.1 Å². The van der Waals surface area contributed by atoms with E-state index in [2.05, 4.69) is 30.5 Å². The average Bonchev–Trinajstić information content (AvgIpc) is 3.57. The Kier molecular flexibility index (Phi) is 5.88. The molecule has 38 heavy (non-hydrogen) atoms. The number of imidazole rings is 1. The number of aromatic amines is 2. The maximum Gasteiger partial charge on any atom is 0.227 e. The molecule has 0 spiro atoms. The zero-order chi connectivity index (χ0) is 26.2. The molecule has 0 radical (unpaired) electrons. The third kappa shape index (κ3) is 4.28. The molecular weight excluding hydrogens is 481 g/mol. The molecule has 6 rings (SSSR count). The molecule has 3 N–H and O–H groups in total. The second kappa shape index (κ2) is 9.51. The second-order valence-corrected chi connectivity index (χ2v) is 9.25. The van der Waals surface area contributed by atoms with Gasteiger partial charge in [0, 0.05) is 35.0 Å². The molecule has 0 aliphatic heterocycles. The van der Waals surface area contributed by atoms with E-state index in [1.807, 2.05) is 44.2 Å². The van der Waals surface area contributed by atoms with Gasteiger partial charge in [0.15, 0.2) is 11.5 Å². The summed E-state index contributed by atoms with van der Waals surface area (Å²) >= 11 is 0. The molecule has 6 aromatic rings. The highest BCUT2D eigenvalue weighted by Crippen LogP contribution is 2.33. The number of carbonyl (C=O) groups excluding carboxylic acids is 1. The fourth-order valence-corrected chi connectivity index (χ4v) is 4.37. The summed E-state index contributed by atoms with van der Waals surface area (Å²) in [5, 5.41) is 11.2. The number of nitrogens with zero attached hydrogens (tertiary/aromatic N) is 4. The third-order valence-corrected chi connectivity index (χ3v) is 6.71. The Morgan fingerprint density at radius 2 is 1.84 bits per heavy atom. The Bertz CT molecular complexity index is 1790. The number of anilines is 1. The molecule has 0 aliphatic carbocycles. The van der Waals surface area contributed by atoms with E-state index in [-0.39, 0.29) is 17.6 Å². The van der Waals surface area contributed by atoms with Crippen LogP contribution in [0.5, 0.6) is 0 Å². The lowest BCUT2D eigenvalue weighted by Crippen LogP contribution is -2.19. The smallest absolute Gasteiger partial charge is 0.227 e. The molecular formula is C29H24FN7O. The molecule has 9 heteroatoms. The summed E-state index contributed by atoms with van der Waals surface area (Å²) in [6, 6.07) is 16.1. The summed E-state index contributed by atoms with van der Waals surface area (Å²) in [5.74, 6) is 0.206. The fraction of sp³-hybridized carbons (Fsp3) is 0.138. The van der Waals surface area contributed by atoms with Gasteiger partial charge in [-0.15, -0.1) is 0 Å². The number of amides is 1. The van der Waals surface area contributed by atoms with E-state index >= 15 is 0 Å².